The van der Waals surface area contributed by atoms with Gasteiger partial charge in [-0.1, -0.05) is 29.8 Å². The maximum Gasteiger partial charge on any atom is 0.254 e. The maximum atomic E-state index is 13.2. The lowest BCUT2D eigenvalue weighted by Crippen LogP contribution is -2.30. The number of aromatic amines is 1. The number of hydrogen-bond donors (Lipinski definition) is 1. The van der Waals surface area contributed by atoms with Gasteiger partial charge < -0.3 is 9.64 Å². The third-order valence-corrected chi connectivity index (χ3v) is 5.20. The number of carbonyl (C=O) groups is 1. The summed E-state index contributed by atoms with van der Waals surface area (Å²) < 4.78 is 5.54. The number of benzene rings is 2. The van der Waals surface area contributed by atoms with Crippen molar-refractivity contribution in [3.05, 3.63) is 71.5 Å². The molecule has 5 heteroatoms. The first-order valence-electron chi connectivity index (χ1n) is 9.22. The number of hydrogen-bond acceptors (Lipinski definition) is 3. The molecule has 1 saturated heterocycles. The Morgan fingerprint density at radius 1 is 1.26 bits per heavy atom. The average molecular weight is 361 g/mol. The van der Waals surface area contributed by atoms with E-state index in [1.807, 2.05) is 29.3 Å². The van der Waals surface area contributed by atoms with E-state index < -0.39 is 0 Å². The molecule has 0 radical (unpaired) electrons. The van der Waals surface area contributed by atoms with Crippen molar-refractivity contribution in [2.45, 2.75) is 25.8 Å². The van der Waals surface area contributed by atoms with Gasteiger partial charge in [0.15, 0.2) is 0 Å². The molecule has 1 aromatic heterocycles. The highest BCUT2D eigenvalue weighted by Gasteiger charge is 2.31. The van der Waals surface area contributed by atoms with E-state index in [9.17, 15) is 4.79 Å². The predicted octanol–water partition coefficient (Wildman–Crippen LogP) is 4.37. The van der Waals surface area contributed by atoms with Crippen molar-refractivity contribution in [2.24, 2.45) is 0 Å². The summed E-state index contributed by atoms with van der Waals surface area (Å²) in [4.78, 5) is 15.2. The van der Waals surface area contributed by atoms with Crippen LogP contribution in [0.2, 0.25) is 0 Å². The number of aromatic nitrogens is 2. The Labute approximate surface area is 159 Å². The van der Waals surface area contributed by atoms with Gasteiger partial charge in [-0.05, 0) is 43.5 Å². The topological polar surface area (TPSA) is 58.2 Å². The lowest BCUT2D eigenvalue weighted by Gasteiger charge is -2.26. The van der Waals surface area contributed by atoms with Gasteiger partial charge in [0.2, 0.25) is 0 Å². The van der Waals surface area contributed by atoms with Crippen molar-refractivity contribution in [3.8, 4) is 16.9 Å². The van der Waals surface area contributed by atoms with Crippen LogP contribution in [0.4, 0.5) is 0 Å². The highest BCUT2D eigenvalue weighted by molar-refractivity contribution is 5.96. The molecular formula is C22H23N3O2. The molecule has 1 fully saturated rings. The zero-order chi connectivity index (χ0) is 18.8. The number of nitrogens with one attached hydrogen (secondary N) is 1. The minimum atomic E-state index is 0.0519. The zero-order valence-corrected chi connectivity index (χ0v) is 15.6. The number of nitrogens with zero attached hydrogens (tertiary/aromatic N) is 2. The van der Waals surface area contributed by atoms with Gasteiger partial charge in [0, 0.05) is 29.4 Å². The Hall–Kier alpha value is -3.08. The molecule has 1 aliphatic rings. The molecule has 0 bridgehead atoms. The minimum absolute atomic E-state index is 0.0519. The zero-order valence-electron chi connectivity index (χ0n) is 15.6. The quantitative estimate of drug-likeness (QED) is 0.751. The van der Waals surface area contributed by atoms with E-state index in [1.165, 1.54) is 11.1 Å². The Balaban J connectivity index is 1.64. The molecule has 138 valence electrons. The fourth-order valence-electron chi connectivity index (χ4n) is 3.86. The van der Waals surface area contributed by atoms with Gasteiger partial charge in [-0.2, -0.15) is 5.10 Å². The summed E-state index contributed by atoms with van der Waals surface area (Å²) >= 11 is 0. The first-order chi connectivity index (χ1) is 13.2. The molecule has 1 atom stereocenters. The molecule has 2 heterocycles. The van der Waals surface area contributed by atoms with Crippen LogP contribution >= 0.6 is 0 Å². The van der Waals surface area contributed by atoms with E-state index in [0.29, 0.717) is 11.3 Å². The van der Waals surface area contributed by atoms with Crippen LogP contribution in [-0.2, 0) is 0 Å². The number of carbonyl (C=O) groups excluding carboxylic acids is 1. The van der Waals surface area contributed by atoms with Crippen LogP contribution in [0.1, 0.15) is 40.4 Å². The number of likely N-dealkylation sites (tertiary alicyclic amines) is 1. The third kappa shape index (κ3) is 3.33. The minimum Gasteiger partial charge on any atom is -0.496 e. The average Bonchev–Trinajstić information content (AvgIpc) is 3.39. The van der Waals surface area contributed by atoms with Crippen LogP contribution in [0.15, 0.2) is 54.9 Å². The SMILES string of the molecule is COc1cc(C(=O)N2CCCC2c2cccc(C)c2)ccc1-c1cn[nH]c1. The summed E-state index contributed by atoms with van der Waals surface area (Å²) in [5.74, 6) is 0.726. The Kier molecular flexibility index (Phi) is 4.67. The van der Waals surface area contributed by atoms with E-state index in [4.69, 9.17) is 4.74 Å². The van der Waals surface area contributed by atoms with Crippen molar-refractivity contribution >= 4 is 5.91 Å². The largest absolute Gasteiger partial charge is 0.496 e. The molecule has 1 unspecified atom stereocenters. The third-order valence-electron chi connectivity index (χ3n) is 5.20. The van der Waals surface area contributed by atoms with E-state index in [2.05, 4.69) is 41.4 Å². The van der Waals surface area contributed by atoms with Crippen LogP contribution in [0.3, 0.4) is 0 Å². The second-order valence-corrected chi connectivity index (χ2v) is 6.97. The van der Waals surface area contributed by atoms with Gasteiger partial charge in [0.25, 0.3) is 5.91 Å². The molecule has 1 N–H and O–H groups in total. The predicted molar refractivity (Wildman–Crippen MR) is 105 cm³/mol. The summed E-state index contributed by atoms with van der Waals surface area (Å²) in [5, 5.41) is 6.80. The Bertz CT molecular complexity index is 950. The second kappa shape index (κ2) is 7.27. The molecule has 1 aliphatic heterocycles. The molecule has 0 spiro atoms. The van der Waals surface area contributed by atoms with Crippen molar-refractivity contribution in [2.75, 3.05) is 13.7 Å². The van der Waals surface area contributed by atoms with E-state index in [1.54, 1.807) is 13.3 Å². The maximum absolute atomic E-state index is 13.2. The highest BCUT2D eigenvalue weighted by Crippen LogP contribution is 2.35. The summed E-state index contributed by atoms with van der Waals surface area (Å²) in [7, 11) is 1.62. The molecule has 4 rings (SSSR count). The summed E-state index contributed by atoms with van der Waals surface area (Å²) in [5.41, 5.74) is 4.93. The first-order valence-corrected chi connectivity index (χ1v) is 9.22. The van der Waals surface area contributed by atoms with Gasteiger partial charge >= 0.3 is 0 Å². The normalized spacial score (nSPS) is 16.5. The van der Waals surface area contributed by atoms with Crippen LogP contribution < -0.4 is 4.74 Å². The second-order valence-electron chi connectivity index (χ2n) is 6.97. The van der Waals surface area contributed by atoms with Gasteiger partial charge in [-0.25, -0.2) is 0 Å². The number of methoxy groups -OCH3 is 1. The molecule has 5 nitrogen and oxygen atoms in total. The molecule has 0 saturated carbocycles. The molecular weight excluding hydrogens is 338 g/mol. The number of aryl methyl sites for hydroxylation is 1. The van der Waals surface area contributed by atoms with Crippen LogP contribution in [-0.4, -0.2) is 34.7 Å². The van der Waals surface area contributed by atoms with Gasteiger partial charge in [0.1, 0.15) is 5.75 Å². The molecule has 0 aliphatic carbocycles. The van der Waals surface area contributed by atoms with E-state index >= 15 is 0 Å². The molecule has 3 aromatic rings. The Morgan fingerprint density at radius 2 is 2.15 bits per heavy atom. The fourth-order valence-corrected chi connectivity index (χ4v) is 3.86. The lowest BCUT2D eigenvalue weighted by molar-refractivity contribution is 0.0735. The Morgan fingerprint density at radius 3 is 2.89 bits per heavy atom. The van der Waals surface area contributed by atoms with Gasteiger partial charge in [-0.15, -0.1) is 0 Å². The van der Waals surface area contributed by atoms with Crippen molar-refractivity contribution < 1.29 is 9.53 Å². The van der Waals surface area contributed by atoms with E-state index in [-0.39, 0.29) is 11.9 Å². The number of amides is 1. The van der Waals surface area contributed by atoms with Crippen LogP contribution in [0, 0.1) is 6.92 Å². The molecule has 2 aromatic carbocycles. The summed E-state index contributed by atoms with van der Waals surface area (Å²) in [6, 6.07) is 14.2. The van der Waals surface area contributed by atoms with Crippen molar-refractivity contribution in [1.82, 2.24) is 15.1 Å². The molecule has 27 heavy (non-hydrogen) atoms. The summed E-state index contributed by atoms with van der Waals surface area (Å²) in [6.45, 7) is 2.87. The number of ether oxygens (including phenoxy) is 1. The van der Waals surface area contributed by atoms with Crippen LogP contribution in [0.25, 0.3) is 11.1 Å². The lowest BCUT2D eigenvalue weighted by atomic mass is 10.0. The monoisotopic (exact) mass is 361 g/mol. The smallest absolute Gasteiger partial charge is 0.254 e. The first kappa shape index (κ1) is 17.3. The van der Waals surface area contributed by atoms with E-state index in [0.717, 1.165) is 30.5 Å². The van der Waals surface area contributed by atoms with Crippen molar-refractivity contribution in [1.29, 1.82) is 0 Å². The van der Waals surface area contributed by atoms with Gasteiger partial charge in [-0.3, -0.25) is 9.89 Å². The van der Waals surface area contributed by atoms with Crippen LogP contribution in [0.5, 0.6) is 5.75 Å². The standard InChI is InChI=1S/C22H23N3O2/c1-15-5-3-6-16(11-15)20-7-4-10-25(20)22(26)17-8-9-19(21(12-17)27-2)18-13-23-24-14-18/h3,5-6,8-9,11-14,20H,4,7,10H2,1-2H3,(H,23,24). The summed E-state index contributed by atoms with van der Waals surface area (Å²) in [6.07, 6.45) is 5.58. The molecule has 1 amide bonds. The number of H-pyrrole nitrogens is 1. The number of rotatable bonds is 4. The highest BCUT2D eigenvalue weighted by atomic mass is 16.5. The fraction of sp³-hybridized carbons (Fsp3) is 0.273. The van der Waals surface area contributed by atoms with Crippen molar-refractivity contribution in [3.63, 3.8) is 0 Å². The van der Waals surface area contributed by atoms with Gasteiger partial charge in [0.05, 0.1) is 19.3 Å².